The number of nitrogens with two attached hydrogens (primary N) is 1. The number of aryl methyl sites for hydroxylation is 1. The van der Waals surface area contributed by atoms with E-state index < -0.39 is 0 Å². The molecule has 6 nitrogen and oxygen atoms in total. The molecule has 0 aliphatic rings. The van der Waals surface area contributed by atoms with Crippen molar-refractivity contribution in [2.24, 2.45) is 0 Å². The Morgan fingerprint density at radius 2 is 2.04 bits per heavy atom. The van der Waals surface area contributed by atoms with E-state index in [1.807, 2.05) is 36.4 Å². The van der Waals surface area contributed by atoms with E-state index in [2.05, 4.69) is 21.5 Å². The summed E-state index contributed by atoms with van der Waals surface area (Å²) in [6.07, 6.45) is 4.71. The number of hydrogen-bond acceptors (Lipinski definition) is 5. The lowest BCUT2D eigenvalue weighted by Gasteiger charge is -2.06. The first-order valence-electron chi connectivity index (χ1n) is 7.87. The van der Waals surface area contributed by atoms with Crippen LogP contribution in [0.15, 0.2) is 48.8 Å². The van der Waals surface area contributed by atoms with Crippen molar-refractivity contribution in [3.05, 3.63) is 65.1 Å². The molecular formula is C18H17ClN6. The van der Waals surface area contributed by atoms with Gasteiger partial charge in [-0.3, -0.25) is 4.98 Å². The SMILES string of the molecule is N#Cc1c(CCCNc2ccncc2Cl)nn(-c2ccccc2)c1N. The lowest BCUT2D eigenvalue weighted by molar-refractivity contribution is 0.790. The standard InChI is InChI=1S/C18H17ClN6/c19-15-12-22-10-8-17(15)23-9-4-7-16-14(11-20)18(21)25(24-16)13-5-2-1-3-6-13/h1-3,5-6,8,10,12H,4,7,9,21H2,(H,22,23). The summed E-state index contributed by atoms with van der Waals surface area (Å²) in [6.45, 7) is 0.701. The molecule has 0 unspecified atom stereocenters. The molecular weight excluding hydrogens is 336 g/mol. The molecule has 0 saturated heterocycles. The number of nitrogens with one attached hydrogen (secondary N) is 1. The first-order valence-corrected chi connectivity index (χ1v) is 8.24. The summed E-state index contributed by atoms with van der Waals surface area (Å²) < 4.78 is 1.61. The van der Waals surface area contributed by atoms with E-state index in [-0.39, 0.29) is 0 Å². The van der Waals surface area contributed by atoms with Gasteiger partial charge in [0.2, 0.25) is 0 Å². The molecule has 0 saturated carbocycles. The molecule has 0 fully saturated rings. The van der Waals surface area contributed by atoms with Crippen molar-refractivity contribution in [1.82, 2.24) is 14.8 Å². The van der Waals surface area contributed by atoms with Crippen LogP contribution in [0, 0.1) is 11.3 Å². The van der Waals surface area contributed by atoms with Crippen molar-refractivity contribution in [3.8, 4) is 11.8 Å². The largest absolute Gasteiger partial charge is 0.384 e. The van der Waals surface area contributed by atoms with Crippen LogP contribution in [0.2, 0.25) is 5.02 Å². The van der Waals surface area contributed by atoms with E-state index in [1.165, 1.54) is 0 Å². The smallest absolute Gasteiger partial charge is 0.145 e. The molecule has 0 amide bonds. The zero-order chi connectivity index (χ0) is 17.6. The van der Waals surface area contributed by atoms with Gasteiger partial charge in [-0.05, 0) is 31.0 Å². The van der Waals surface area contributed by atoms with Crippen molar-refractivity contribution < 1.29 is 0 Å². The van der Waals surface area contributed by atoms with Crippen molar-refractivity contribution in [3.63, 3.8) is 0 Å². The van der Waals surface area contributed by atoms with E-state index in [9.17, 15) is 5.26 Å². The monoisotopic (exact) mass is 352 g/mol. The summed E-state index contributed by atoms with van der Waals surface area (Å²) >= 11 is 6.06. The van der Waals surface area contributed by atoms with Gasteiger partial charge in [0, 0.05) is 18.9 Å². The van der Waals surface area contributed by atoms with Crippen molar-refractivity contribution >= 4 is 23.1 Å². The number of hydrogen-bond donors (Lipinski definition) is 2. The average molecular weight is 353 g/mol. The van der Waals surface area contributed by atoms with Crippen LogP contribution in [0.1, 0.15) is 17.7 Å². The Balaban J connectivity index is 1.69. The summed E-state index contributed by atoms with van der Waals surface area (Å²) in [4.78, 5) is 3.95. The molecule has 0 spiro atoms. The molecule has 0 atom stereocenters. The Bertz CT molecular complexity index is 898. The van der Waals surface area contributed by atoms with Crippen LogP contribution in [-0.4, -0.2) is 21.3 Å². The summed E-state index contributed by atoms with van der Waals surface area (Å²) in [5.41, 5.74) is 8.91. The van der Waals surface area contributed by atoms with Gasteiger partial charge < -0.3 is 11.1 Å². The molecule has 126 valence electrons. The van der Waals surface area contributed by atoms with Crippen LogP contribution in [-0.2, 0) is 6.42 Å². The third kappa shape index (κ3) is 3.73. The third-order valence-corrected chi connectivity index (χ3v) is 4.09. The number of nitrogens with zero attached hydrogens (tertiary/aromatic N) is 4. The second kappa shape index (κ2) is 7.69. The van der Waals surface area contributed by atoms with Crippen LogP contribution in [0.5, 0.6) is 0 Å². The first kappa shape index (κ1) is 16.8. The Morgan fingerprint density at radius 1 is 1.24 bits per heavy atom. The van der Waals surface area contributed by atoms with Crippen LogP contribution in [0.3, 0.4) is 0 Å². The normalized spacial score (nSPS) is 10.4. The highest BCUT2D eigenvalue weighted by molar-refractivity contribution is 6.33. The van der Waals surface area contributed by atoms with Gasteiger partial charge in [0.1, 0.15) is 17.5 Å². The molecule has 25 heavy (non-hydrogen) atoms. The zero-order valence-electron chi connectivity index (χ0n) is 13.5. The molecule has 0 aliphatic carbocycles. The van der Waals surface area contributed by atoms with Crippen molar-refractivity contribution in [2.75, 3.05) is 17.6 Å². The van der Waals surface area contributed by atoms with Crippen LogP contribution >= 0.6 is 11.6 Å². The van der Waals surface area contributed by atoms with E-state index in [4.69, 9.17) is 17.3 Å². The average Bonchev–Trinajstić information content (AvgIpc) is 2.96. The molecule has 0 aliphatic heterocycles. The minimum Gasteiger partial charge on any atom is -0.384 e. The maximum Gasteiger partial charge on any atom is 0.145 e. The molecule has 2 aromatic heterocycles. The maximum absolute atomic E-state index is 9.41. The maximum atomic E-state index is 9.41. The van der Waals surface area contributed by atoms with Crippen LogP contribution < -0.4 is 11.1 Å². The van der Waals surface area contributed by atoms with E-state index in [1.54, 1.807) is 17.1 Å². The van der Waals surface area contributed by atoms with Gasteiger partial charge >= 0.3 is 0 Å². The van der Waals surface area contributed by atoms with Gasteiger partial charge in [0.25, 0.3) is 0 Å². The molecule has 1 aromatic carbocycles. The molecule has 7 heteroatoms. The zero-order valence-corrected chi connectivity index (χ0v) is 14.2. The van der Waals surface area contributed by atoms with Crippen LogP contribution in [0.4, 0.5) is 11.5 Å². The topological polar surface area (TPSA) is 92.5 Å². The second-order valence-corrected chi connectivity index (χ2v) is 5.86. The number of halogens is 1. The highest BCUT2D eigenvalue weighted by Crippen LogP contribution is 2.22. The second-order valence-electron chi connectivity index (χ2n) is 5.45. The molecule has 3 rings (SSSR count). The molecule has 3 N–H and O–H groups in total. The summed E-state index contributed by atoms with van der Waals surface area (Å²) in [7, 11) is 0. The quantitative estimate of drug-likeness (QED) is 0.663. The Kier molecular flexibility index (Phi) is 5.17. The number of aromatic nitrogens is 3. The number of rotatable bonds is 6. The van der Waals surface area contributed by atoms with Gasteiger partial charge in [-0.25, -0.2) is 4.68 Å². The van der Waals surface area contributed by atoms with Gasteiger partial charge in [0.05, 0.1) is 22.1 Å². The molecule has 3 aromatic rings. The number of para-hydroxylation sites is 1. The lowest BCUT2D eigenvalue weighted by atomic mass is 10.1. The van der Waals surface area contributed by atoms with Gasteiger partial charge in [-0.2, -0.15) is 10.4 Å². The minimum absolute atomic E-state index is 0.369. The number of anilines is 2. The minimum atomic E-state index is 0.369. The van der Waals surface area contributed by atoms with E-state index in [0.717, 1.165) is 17.8 Å². The van der Waals surface area contributed by atoms with E-state index >= 15 is 0 Å². The summed E-state index contributed by atoms with van der Waals surface area (Å²) in [6, 6.07) is 13.5. The predicted octanol–water partition coefficient (Wildman–Crippen LogP) is 3.42. The highest BCUT2D eigenvalue weighted by Gasteiger charge is 2.16. The Morgan fingerprint density at radius 3 is 2.76 bits per heavy atom. The summed E-state index contributed by atoms with van der Waals surface area (Å²) in [5.74, 6) is 0.369. The van der Waals surface area contributed by atoms with Gasteiger partial charge in [0.15, 0.2) is 0 Å². The fourth-order valence-corrected chi connectivity index (χ4v) is 2.72. The fraction of sp³-hybridized carbons (Fsp3) is 0.167. The highest BCUT2D eigenvalue weighted by atomic mass is 35.5. The van der Waals surface area contributed by atoms with Crippen molar-refractivity contribution in [2.45, 2.75) is 12.8 Å². The Hall–Kier alpha value is -3.04. The number of benzene rings is 1. The molecule has 0 bridgehead atoms. The lowest BCUT2D eigenvalue weighted by Crippen LogP contribution is -2.04. The van der Waals surface area contributed by atoms with Crippen LogP contribution in [0.25, 0.3) is 5.69 Å². The third-order valence-electron chi connectivity index (χ3n) is 3.78. The molecule has 2 heterocycles. The first-order chi connectivity index (χ1) is 12.2. The summed E-state index contributed by atoms with van der Waals surface area (Å²) in [5, 5.41) is 17.8. The number of nitriles is 1. The number of pyridine rings is 1. The molecule has 0 radical (unpaired) electrons. The predicted molar refractivity (Wildman–Crippen MR) is 98.7 cm³/mol. The van der Waals surface area contributed by atoms with E-state index in [0.29, 0.717) is 35.1 Å². The Labute approximate surface area is 150 Å². The fourth-order valence-electron chi connectivity index (χ4n) is 2.54. The van der Waals surface area contributed by atoms with Crippen molar-refractivity contribution in [1.29, 1.82) is 5.26 Å². The number of nitrogen functional groups attached to an aromatic ring is 1. The van der Waals surface area contributed by atoms with Gasteiger partial charge in [-0.15, -0.1) is 0 Å². The van der Waals surface area contributed by atoms with Gasteiger partial charge in [-0.1, -0.05) is 29.8 Å².